The molecule has 0 radical (unpaired) electrons. The Bertz CT molecular complexity index is 1230. The van der Waals surface area contributed by atoms with E-state index in [4.69, 9.17) is 11.6 Å². The van der Waals surface area contributed by atoms with E-state index < -0.39 is 5.91 Å². The fourth-order valence-electron chi connectivity index (χ4n) is 3.21. The van der Waals surface area contributed by atoms with Crippen molar-refractivity contribution >= 4 is 34.5 Å². The van der Waals surface area contributed by atoms with Crippen molar-refractivity contribution < 1.29 is 9.90 Å². The predicted octanol–water partition coefficient (Wildman–Crippen LogP) is 4.97. The van der Waals surface area contributed by atoms with E-state index in [0.717, 1.165) is 22.0 Å². The van der Waals surface area contributed by atoms with Crippen molar-refractivity contribution in [3.63, 3.8) is 0 Å². The average Bonchev–Trinajstić information content (AvgIpc) is 3.02. The first kappa shape index (κ1) is 18.8. The Morgan fingerprint density at radius 2 is 1.69 bits per heavy atom. The number of aromatic hydroxyl groups is 1. The molecule has 0 spiro atoms. The van der Waals surface area contributed by atoms with E-state index in [2.05, 4.69) is 10.5 Å². The monoisotopic (exact) mass is 403 g/mol. The molecule has 0 aliphatic rings. The molecule has 0 fully saturated rings. The molecular weight excluding hydrogens is 386 g/mol. The third kappa shape index (κ3) is 3.73. The van der Waals surface area contributed by atoms with Crippen LogP contribution in [-0.4, -0.2) is 21.8 Å². The first-order valence-corrected chi connectivity index (χ1v) is 9.38. The Kier molecular flexibility index (Phi) is 5.06. The van der Waals surface area contributed by atoms with Crippen molar-refractivity contribution in [2.45, 2.75) is 0 Å². The number of rotatable bonds is 4. The van der Waals surface area contributed by atoms with E-state index in [9.17, 15) is 9.90 Å². The second-order valence-corrected chi connectivity index (χ2v) is 6.97. The van der Waals surface area contributed by atoms with Crippen LogP contribution in [0.15, 0.2) is 77.9 Å². The molecule has 29 heavy (non-hydrogen) atoms. The van der Waals surface area contributed by atoms with E-state index in [-0.39, 0.29) is 11.3 Å². The zero-order valence-corrected chi connectivity index (χ0v) is 16.4. The van der Waals surface area contributed by atoms with Gasteiger partial charge in [-0.3, -0.25) is 4.79 Å². The van der Waals surface area contributed by atoms with Gasteiger partial charge in [-0.05, 0) is 34.5 Å². The van der Waals surface area contributed by atoms with Gasteiger partial charge in [0.15, 0.2) is 0 Å². The van der Waals surface area contributed by atoms with Gasteiger partial charge in [-0.15, -0.1) is 0 Å². The summed E-state index contributed by atoms with van der Waals surface area (Å²) in [7, 11) is 1.87. The molecule has 0 saturated carbocycles. The number of hydrogen-bond donors (Lipinski definition) is 2. The molecular formula is C23H18ClN3O2. The van der Waals surface area contributed by atoms with Crippen LogP contribution < -0.4 is 5.43 Å². The number of fused-ring (bicyclic) bond motifs is 1. The van der Waals surface area contributed by atoms with E-state index in [0.29, 0.717) is 10.7 Å². The van der Waals surface area contributed by atoms with Gasteiger partial charge in [0.05, 0.1) is 11.8 Å². The second kappa shape index (κ2) is 7.81. The van der Waals surface area contributed by atoms with Gasteiger partial charge in [0, 0.05) is 18.3 Å². The number of phenolic OH excluding ortho intramolecular Hbond substituents is 1. The molecule has 0 saturated heterocycles. The smallest absolute Gasteiger partial charge is 0.275 e. The minimum absolute atomic E-state index is 0.0968. The molecule has 5 nitrogen and oxygen atoms in total. The fraction of sp³-hybridized carbons (Fsp3) is 0.0435. The first-order chi connectivity index (χ1) is 14.0. The lowest BCUT2D eigenvalue weighted by molar-refractivity contribution is 0.0952. The molecule has 0 atom stereocenters. The molecule has 1 heterocycles. The van der Waals surface area contributed by atoms with Crippen LogP contribution in [0, 0.1) is 0 Å². The Morgan fingerprint density at radius 3 is 2.41 bits per heavy atom. The van der Waals surface area contributed by atoms with Crippen LogP contribution in [-0.2, 0) is 7.05 Å². The Morgan fingerprint density at radius 1 is 1.03 bits per heavy atom. The molecule has 2 N–H and O–H groups in total. The normalized spacial score (nSPS) is 11.2. The van der Waals surface area contributed by atoms with Crippen molar-refractivity contribution in [1.82, 2.24) is 9.99 Å². The molecule has 0 aliphatic carbocycles. The maximum Gasteiger partial charge on any atom is 0.275 e. The standard InChI is InChI=1S/C23H18ClN3O2/c1-27-20(15-7-3-2-4-8-15)12-18(22(27)24)14-25-26-23(29)19-11-16-9-5-6-10-17(16)13-21(19)28/h2-14,28H,1H3,(H,26,29). The van der Waals surface area contributed by atoms with Crippen molar-refractivity contribution in [3.8, 4) is 17.0 Å². The lowest BCUT2D eigenvalue weighted by Gasteiger charge is -2.05. The summed E-state index contributed by atoms with van der Waals surface area (Å²) in [6.45, 7) is 0. The highest BCUT2D eigenvalue weighted by molar-refractivity contribution is 6.32. The highest BCUT2D eigenvalue weighted by atomic mass is 35.5. The lowest BCUT2D eigenvalue weighted by Crippen LogP contribution is -2.17. The predicted molar refractivity (Wildman–Crippen MR) is 117 cm³/mol. The Hall–Kier alpha value is -3.57. The lowest BCUT2D eigenvalue weighted by atomic mass is 10.1. The maximum atomic E-state index is 12.5. The Labute approximate surface area is 172 Å². The summed E-state index contributed by atoms with van der Waals surface area (Å²) >= 11 is 6.41. The van der Waals surface area contributed by atoms with Crippen molar-refractivity contribution in [1.29, 1.82) is 0 Å². The van der Waals surface area contributed by atoms with E-state index in [1.807, 2.05) is 72.3 Å². The third-order valence-corrected chi connectivity index (χ3v) is 5.21. The van der Waals surface area contributed by atoms with Crippen LogP contribution in [0.4, 0.5) is 0 Å². The maximum absolute atomic E-state index is 12.5. The molecule has 144 valence electrons. The van der Waals surface area contributed by atoms with Gasteiger partial charge in [0.1, 0.15) is 10.9 Å². The van der Waals surface area contributed by atoms with E-state index >= 15 is 0 Å². The summed E-state index contributed by atoms with van der Waals surface area (Å²) in [6, 6.07) is 22.5. The number of carbonyl (C=O) groups is 1. The minimum Gasteiger partial charge on any atom is -0.507 e. The molecule has 4 rings (SSSR count). The fourth-order valence-corrected chi connectivity index (χ4v) is 3.40. The summed E-state index contributed by atoms with van der Waals surface area (Å²) in [5, 5.41) is 16.4. The molecule has 0 bridgehead atoms. The zero-order valence-electron chi connectivity index (χ0n) is 15.6. The number of nitrogens with zero attached hydrogens (tertiary/aromatic N) is 2. The van der Waals surface area contributed by atoms with Crippen LogP contribution in [0.25, 0.3) is 22.0 Å². The number of nitrogens with one attached hydrogen (secondary N) is 1. The molecule has 0 aliphatic heterocycles. The quantitative estimate of drug-likeness (QED) is 0.373. The molecule has 3 aromatic carbocycles. The SMILES string of the molecule is Cn1c(-c2ccccc2)cc(C=NNC(=O)c2cc3ccccc3cc2O)c1Cl. The Balaban J connectivity index is 1.55. The van der Waals surface area contributed by atoms with Gasteiger partial charge in [-0.25, -0.2) is 5.43 Å². The minimum atomic E-state index is -0.500. The summed E-state index contributed by atoms with van der Waals surface area (Å²) in [5.74, 6) is -0.597. The topological polar surface area (TPSA) is 66.6 Å². The number of phenols is 1. The number of amides is 1. The molecule has 0 unspecified atom stereocenters. The van der Waals surface area contributed by atoms with Crippen LogP contribution in [0.1, 0.15) is 15.9 Å². The molecule has 6 heteroatoms. The van der Waals surface area contributed by atoms with Crippen LogP contribution in [0.3, 0.4) is 0 Å². The molecule has 4 aromatic rings. The van der Waals surface area contributed by atoms with Gasteiger partial charge in [0.2, 0.25) is 0 Å². The van der Waals surface area contributed by atoms with Crippen LogP contribution >= 0.6 is 11.6 Å². The van der Waals surface area contributed by atoms with E-state index in [1.54, 1.807) is 12.1 Å². The summed E-state index contributed by atoms with van der Waals surface area (Å²) in [5.41, 5.74) is 5.26. The molecule has 1 amide bonds. The number of hydrazone groups is 1. The largest absolute Gasteiger partial charge is 0.507 e. The second-order valence-electron chi connectivity index (χ2n) is 6.62. The van der Waals surface area contributed by atoms with Gasteiger partial charge in [-0.1, -0.05) is 66.2 Å². The average molecular weight is 404 g/mol. The van der Waals surface area contributed by atoms with Crippen molar-refractivity contribution in [3.05, 3.63) is 89.1 Å². The highest BCUT2D eigenvalue weighted by Crippen LogP contribution is 2.27. The number of carbonyl (C=O) groups excluding carboxylic acids is 1. The van der Waals surface area contributed by atoms with Crippen LogP contribution in [0.2, 0.25) is 5.15 Å². The van der Waals surface area contributed by atoms with Crippen LogP contribution in [0.5, 0.6) is 5.75 Å². The molecule has 1 aromatic heterocycles. The highest BCUT2D eigenvalue weighted by Gasteiger charge is 2.13. The number of hydrogen-bond acceptors (Lipinski definition) is 3. The van der Waals surface area contributed by atoms with Gasteiger partial charge in [-0.2, -0.15) is 5.10 Å². The summed E-state index contributed by atoms with van der Waals surface area (Å²) in [4.78, 5) is 12.5. The number of aromatic nitrogens is 1. The summed E-state index contributed by atoms with van der Waals surface area (Å²) < 4.78 is 1.86. The zero-order chi connectivity index (χ0) is 20.4. The van der Waals surface area contributed by atoms with Gasteiger partial charge < -0.3 is 9.67 Å². The van der Waals surface area contributed by atoms with Gasteiger partial charge >= 0.3 is 0 Å². The van der Waals surface area contributed by atoms with Crippen molar-refractivity contribution in [2.75, 3.05) is 0 Å². The van der Waals surface area contributed by atoms with Gasteiger partial charge in [0.25, 0.3) is 5.91 Å². The number of benzene rings is 3. The first-order valence-electron chi connectivity index (χ1n) is 9.00. The third-order valence-electron chi connectivity index (χ3n) is 4.73. The van der Waals surface area contributed by atoms with Crippen molar-refractivity contribution in [2.24, 2.45) is 12.1 Å². The summed E-state index contributed by atoms with van der Waals surface area (Å²) in [6.07, 6.45) is 1.49. The van der Waals surface area contributed by atoms with E-state index in [1.165, 1.54) is 6.21 Å². The number of halogens is 1.